The number of nitrogens with zero attached hydrogens (tertiary/aromatic N) is 2. The second-order valence-electron chi connectivity index (χ2n) is 3.10. The summed E-state index contributed by atoms with van der Waals surface area (Å²) < 4.78 is 24.4. The van der Waals surface area contributed by atoms with Gasteiger partial charge in [0, 0.05) is 16.8 Å². The summed E-state index contributed by atoms with van der Waals surface area (Å²) in [7, 11) is -3.41. The van der Waals surface area contributed by atoms with Crippen LogP contribution in [-0.4, -0.2) is 18.4 Å². The molecular weight excluding hydrogens is 214 g/mol. The van der Waals surface area contributed by atoms with Crippen LogP contribution in [0, 0.1) is 13.8 Å². The van der Waals surface area contributed by atoms with E-state index in [2.05, 4.69) is 21.3 Å². The maximum absolute atomic E-state index is 11.1. The highest BCUT2D eigenvalue weighted by Crippen LogP contribution is 1.99. The number of hydrogen-bond acceptors (Lipinski definition) is 4. The van der Waals surface area contributed by atoms with Gasteiger partial charge in [-0.1, -0.05) is 6.58 Å². The molecule has 0 aromatic carbocycles. The molecule has 0 aliphatic rings. The van der Waals surface area contributed by atoms with E-state index in [0.717, 1.165) is 16.8 Å². The Labute approximate surface area is 89.3 Å². The van der Waals surface area contributed by atoms with Crippen LogP contribution in [0.3, 0.4) is 0 Å². The molecule has 1 N–H and O–H groups in total. The maximum atomic E-state index is 11.1. The second kappa shape index (κ2) is 4.50. The largest absolute Gasteiger partial charge is 0.237 e. The molecule has 0 bridgehead atoms. The minimum absolute atomic E-state index is 0.0802. The van der Waals surface area contributed by atoms with Gasteiger partial charge in [-0.15, -0.1) is 0 Å². The first-order chi connectivity index (χ1) is 6.93. The quantitative estimate of drug-likeness (QED) is 0.820. The molecule has 1 aromatic rings. The Kier molecular flexibility index (Phi) is 3.54. The molecule has 0 spiro atoms. The predicted molar refractivity (Wildman–Crippen MR) is 57.5 cm³/mol. The van der Waals surface area contributed by atoms with Gasteiger partial charge in [-0.3, -0.25) is 0 Å². The topological polar surface area (TPSA) is 72.0 Å². The van der Waals surface area contributed by atoms with E-state index >= 15 is 0 Å². The van der Waals surface area contributed by atoms with Crippen LogP contribution in [0.1, 0.15) is 17.2 Å². The van der Waals surface area contributed by atoms with Crippen molar-refractivity contribution in [2.75, 3.05) is 0 Å². The molecule has 5 nitrogen and oxygen atoms in total. The van der Waals surface area contributed by atoms with Gasteiger partial charge in [0.05, 0.1) is 6.54 Å². The highest BCUT2D eigenvalue weighted by atomic mass is 32.2. The maximum Gasteiger partial charge on any atom is 0.233 e. The Morgan fingerprint density at radius 3 is 2.40 bits per heavy atom. The molecule has 0 radical (unpaired) electrons. The third-order valence-corrected chi connectivity index (χ3v) is 2.67. The van der Waals surface area contributed by atoms with Crippen LogP contribution in [0.4, 0.5) is 0 Å². The van der Waals surface area contributed by atoms with Crippen molar-refractivity contribution in [1.29, 1.82) is 0 Å². The van der Waals surface area contributed by atoms with Crippen molar-refractivity contribution in [3.8, 4) is 0 Å². The number of aromatic nitrogens is 2. The average Bonchev–Trinajstić information content (AvgIpc) is 2.14. The fourth-order valence-corrected chi connectivity index (χ4v) is 1.55. The summed E-state index contributed by atoms with van der Waals surface area (Å²) in [4.78, 5) is 8.20. The van der Waals surface area contributed by atoms with E-state index in [-0.39, 0.29) is 6.54 Å². The number of rotatable bonds is 4. The molecule has 0 saturated carbocycles. The third kappa shape index (κ3) is 3.77. The van der Waals surface area contributed by atoms with Gasteiger partial charge in [0.15, 0.2) is 0 Å². The standard InChI is InChI=1S/C9H13N3O2S/c1-4-15(13,14)10-6-9-11-7(2)5-8(3)12-9/h4-5,10H,1,6H2,2-3H3. The van der Waals surface area contributed by atoms with Gasteiger partial charge in [-0.25, -0.2) is 23.1 Å². The Bertz CT molecular complexity index is 448. The molecule has 0 aliphatic carbocycles. The smallest absolute Gasteiger partial charge is 0.233 e. The van der Waals surface area contributed by atoms with Crippen LogP contribution in [0.5, 0.6) is 0 Å². The summed E-state index contributed by atoms with van der Waals surface area (Å²) in [5.74, 6) is 0.456. The summed E-state index contributed by atoms with van der Waals surface area (Å²) in [6.07, 6.45) is 0. The lowest BCUT2D eigenvalue weighted by Crippen LogP contribution is -2.22. The van der Waals surface area contributed by atoms with Crippen LogP contribution in [0.15, 0.2) is 18.1 Å². The first-order valence-electron chi connectivity index (χ1n) is 4.36. The van der Waals surface area contributed by atoms with Crippen LogP contribution in [-0.2, 0) is 16.6 Å². The zero-order valence-electron chi connectivity index (χ0n) is 8.69. The summed E-state index contributed by atoms with van der Waals surface area (Å²) in [6.45, 7) is 6.94. The molecule has 1 aromatic heterocycles. The van der Waals surface area contributed by atoms with Crippen molar-refractivity contribution in [2.24, 2.45) is 0 Å². The van der Waals surface area contributed by atoms with Gasteiger partial charge in [0.25, 0.3) is 0 Å². The van der Waals surface area contributed by atoms with E-state index in [4.69, 9.17) is 0 Å². The van der Waals surface area contributed by atoms with E-state index in [0.29, 0.717) is 5.82 Å². The zero-order valence-corrected chi connectivity index (χ0v) is 9.50. The number of aryl methyl sites for hydroxylation is 2. The monoisotopic (exact) mass is 227 g/mol. The Morgan fingerprint density at radius 2 is 1.93 bits per heavy atom. The molecule has 15 heavy (non-hydrogen) atoms. The fourth-order valence-electron chi connectivity index (χ4n) is 1.10. The van der Waals surface area contributed by atoms with E-state index in [1.165, 1.54) is 0 Å². The minimum Gasteiger partial charge on any atom is -0.237 e. The predicted octanol–water partition coefficient (Wildman–Crippen LogP) is 0.656. The van der Waals surface area contributed by atoms with Gasteiger partial charge >= 0.3 is 0 Å². The summed E-state index contributed by atoms with van der Waals surface area (Å²) in [5.41, 5.74) is 1.63. The SMILES string of the molecule is C=CS(=O)(=O)NCc1nc(C)cc(C)n1. The zero-order chi connectivity index (χ0) is 11.5. The Morgan fingerprint density at radius 1 is 1.40 bits per heavy atom. The van der Waals surface area contributed by atoms with Crippen molar-refractivity contribution in [3.63, 3.8) is 0 Å². The molecule has 1 heterocycles. The second-order valence-corrected chi connectivity index (χ2v) is 4.81. The van der Waals surface area contributed by atoms with Crippen molar-refractivity contribution in [1.82, 2.24) is 14.7 Å². The van der Waals surface area contributed by atoms with E-state index in [1.54, 1.807) is 0 Å². The first kappa shape index (κ1) is 11.8. The highest BCUT2D eigenvalue weighted by molar-refractivity contribution is 7.92. The summed E-state index contributed by atoms with van der Waals surface area (Å²) in [5, 5.41) is 0.857. The minimum atomic E-state index is -3.41. The summed E-state index contributed by atoms with van der Waals surface area (Å²) >= 11 is 0. The molecule has 0 amide bonds. The Balaban J connectivity index is 2.78. The van der Waals surface area contributed by atoms with E-state index in [9.17, 15) is 8.42 Å². The van der Waals surface area contributed by atoms with E-state index < -0.39 is 10.0 Å². The first-order valence-corrected chi connectivity index (χ1v) is 5.91. The van der Waals surface area contributed by atoms with Gasteiger partial charge < -0.3 is 0 Å². The van der Waals surface area contributed by atoms with Crippen molar-refractivity contribution >= 4 is 10.0 Å². The van der Waals surface area contributed by atoms with Gasteiger partial charge in [-0.2, -0.15) is 0 Å². The van der Waals surface area contributed by atoms with Gasteiger partial charge in [0.1, 0.15) is 5.82 Å². The molecule has 0 unspecified atom stereocenters. The molecule has 82 valence electrons. The molecule has 0 atom stereocenters. The molecule has 0 aliphatic heterocycles. The molecule has 6 heteroatoms. The lowest BCUT2D eigenvalue weighted by molar-refractivity contribution is 0.588. The lowest BCUT2D eigenvalue weighted by atomic mass is 10.3. The van der Waals surface area contributed by atoms with E-state index in [1.807, 2.05) is 19.9 Å². The normalized spacial score (nSPS) is 11.3. The third-order valence-electron chi connectivity index (χ3n) is 1.68. The molecular formula is C9H13N3O2S. The van der Waals surface area contributed by atoms with Gasteiger partial charge in [-0.05, 0) is 19.9 Å². The number of nitrogens with one attached hydrogen (secondary N) is 1. The van der Waals surface area contributed by atoms with Crippen molar-refractivity contribution in [3.05, 3.63) is 35.3 Å². The number of hydrogen-bond donors (Lipinski definition) is 1. The van der Waals surface area contributed by atoms with Crippen molar-refractivity contribution in [2.45, 2.75) is 20.4 Å². The Hall–Kier alpha value is -1.27. The summed E-state index contributed by atoms with van der Waals surface area (Å²) in [6, 6.07) is 1.82. The van der Waals surface area contributed by atoms with Crippen LogP contribution >= 0.6 is 0 Å². The molecule has 0 fully saturated rings. The van der Waals surface area contributed by atoms with Crippen LogP contribution in [0.25, 0.3) is 0 Å². The van der Waals surface area contributed by atoms with Crippen molar-refractivity contribution < 1.29 is 8.42 Å². The van der Waals surface area contributed by atoms with Crippen LogP contribution in [0.2, 0.25) is 0 Å². The lowest BCUT2D eigenvalue weighted by Gasteiger charge is -2.03. The van der Waals surface area contributed by atoms with Crippen LogP contribution < -0.4 is 4.72 Å². The number of sulfonamides is 1. The average molecular weight is 227 g/mol. The highest BCUT2D eigenvalue weighted by Gasteiger charge is 2.05. The molecule has 1 rings (SSSR count). The molecule has 0 saturated heterocycles. The fraction of sp³-hybridized carbons (Fsp3) is 0.333. The van der Waals surface area contributed by atoms with Gasteiger partial charge in [0.2, 0.25) is 10.0 Å².